The lowest BCUT2D eigenvalue weighted by atomic mass is 9.89. The van der Waals surface area contributed by atoms with Crippen molar-refractivity contribution < 1.29 is 4.79 Å². The molecule has 0 bridgehead atoms. The minimum atomic E-state index is -0.0353. The molecule has 3 heteroatoms. The van der Waals surface area contributed by atoms with E-state index in [0.717, 1.165) is 24.1 Å². The average Bonchev–Trinajstić information content (AvgIpc) is 2.38. The van der Waals surface area contributed by atoms with Gasteiger partial charge in [0.05, 0.1) is 6.42 Å². The van der Waals surface area contributed by atoms with Crippen molar-refractivity contribution in [3.8, 4) is 0 Å². The zero-order valence-electron chi connectivity index (χ0n) is 10.9. The summed E-state index contributed by atoms with van der Waals surface area (Å²) in [5.41, 5.74) is 4.83. The molecule has 0 aliphatic heterocycles. The number of nitrogens with one attached hydrogen (secondary N) is 1. The second-order valence-corrected chi connectivity index (χ2v) is 5.08. The quantitative estimate of drug-likeness (QED) is 0.816. The Morgan fingerprint density at radius 3 is 2.89 bits per heavy atom. The first kappa shape index (κ1) is 12.8. The van der Waals surface area contributed by atoms with Crippen LogP contribution in [0.25, 0.3) is 0 Å². The number of rotatable bonds is 3. The Kier molecular flexibility index (Phi) is 4.51. The lowest BCUT2D eigenvalue weighted by molar-refractivity contribution is -0.120. The minimum Gasteiger partial charge on any atom is -0.273 e. The van der Waals surface area contributed by atoms with Gasteiger partial charge >= 0.3 is 0 Å². The Morgan fingerprint density at radius 1 is 1.39 bits per heavy atom. The molecule has 0 saturated heterocycles. The van der Waals surface area contributed by atoms with Crippen molar-refractivity contribution in [1.29, 1.82) is 0 Å². The maximum Gasteiger partial charge on any atom is 0.244 e. The van der Waals surface area contributed by atoms with E-state index in [0.29, 0.717) is 12.3 Å². The van der Waals surface area contributed by atoms with Gasteiger partial charge in [0.1, 0.15) is 0 Å². The Morgan fingerprint density at radius 2 is 2.17 bits per heavy atom. The molecule has 1 aliphatic rings. The van der Waals surface area contributed by atoms with Crippen LogP contribution in [-0.4, -0.2) is 11.6 Å². The molecule has 1 aliphatic carbocycles. The van der Waals surface area contributed by atoms with Gasteiger partial charge in [0.2, 0.25) is 5.91 Å². The molecule has 0 unspecified atom stereocenters. The molecule has 1 atom stereocenters. The zero-order valence-corrected chi connectivity index (χ0v) is 10.9. The molecule has 3 nitrogen and oxygen atoms in total. The number of nitrogens with zero attached hydrogens (tertiary/aromatic N) is 1. The van der Waals surface area contributed by atoms with E-state index in [4.69, 9.17) is 0 Å². The molecule has 2 rings (SSSR count). The van der Waals surface area contributed by atoms with Gasteiger partial charge in [-0.3, -0.25) is 4.79 Å². The van der Waals surface area contributed by atoms with Crippen molar-refractivity contribution in [3.63, 3.8) is 0 Å². The molecule has 0 heterocycles. The molecule has 1 aromatic rings. The van der Waals surface area contributed by atoms with Crippen molar-refractivity contribution >= 4 is 11.6 Å². The molecule has 18 heavy (non-hydrogen) atoms. The van der Waals surface area contributed by atoms with E-state index in [1.807, 2.05) is 30.3 Å². The number of hydrogen-bond acceptors (Lipinski definition) is 2. The monoisotopic (exact) mass is 244 g/mol. The van der Waals surface area contributed by atoms with E-state index < -0.39 is 0 Å². The highest BCUT2D eigenvalue weighted by Gasteiger charge is 2.14. The Labute approximate surface area is 108 Å². The van der Waals surface area contributed by atoms with Gasteiger partial charge in [-0.1, -0.05) is 37.3 Å². The average molecular weight is 244 g/mol. The topological polar surface area (TPSA) is 41.5 Å². The minimum absolute atomic E-state index is 0.0353. The molecular weight excluding hydrogens is 224 g/mol. The summed E-state index contributed by atoms with van der Waals surface area (Å²) in [6.45, 7) is 2.24. The van der Waals surface area contributed by atoms with Crippen molar-refractivity contribution in [1.82, 2.24) is 5.43 Å². The van der Waals surface area contributed by atoms with E-state index in [2.05, 4.69) is 17.5 Å². The third-order valence-electron chi connectivity index (χ3n) is 3.29. The van der Waals surface area contributed by atoms with Crippen LogP contribution in [0.4, 0.5) is 0 Å². The fourth-order valence-corrected chi connectivity index (χ4v) is 2.32. The number of carbonyl (C=O) groups is 1. The maximum atomic E-state index is 11.7. The highest BCUT2D eigenvalue weighted by Crippen LogP contribution is 2.20. The molecular formula is C15H20N2O. The molecule has 0 aromatic heterocycles. The normalized spacial score (nSPS) is 21.8. The number of carbonyl (C=O) groups excluding carboxylic acids is 1. The lowest BCUT2D eigenvalue weighted by Crippen LogP contribution is -2.23. The Bertz CT molecular complexity index is 425. The second kappa shape index (κ2) is 6.34. The van der Waals surface area contributed by atoms with Crippen LogP contribution in [0.5, 0.6) is 0 Å². The fourth-order valence-electron chi connectivity index (χ4n) is 2.32. The molecule has 1 saturated carbocycles. The van der Waals surface area contributed by atoms with Crippen LogP contribution in [0.3, 0.4) is 0 Å². The van der Waals surface area contributed by atoms with Crippen LogP contribution < -0.4 is 5.43 Å². The van der Waals surface area contributed by atoms with Crippen molar-refractivity contribution in [2.45, 2.75) is 39.0 Å². The summed E-state index contributed by atoms with van der Waals surface area (Å²) < 4.78 is 0. The summed E-state index contributed by atoms with van der Waals surface area (Å²) in [5, 5.41) is 4.25. The largest absolute Gasteiger partial charge is 0.273 e. The highest BCUT2D eigenvalue weighted by atomic mass is 16.2. The SMILES string of the molecule is C[C@@H]1CCC/C(=N\NC(=O)Cc2ccccc2)C1. The zero-order chi connectivity index (χ0) is 12.8. The van der Waals surface area contributed by atoms with E-state index in [-0.39, 0.29) is 5.91 Å². The van der Waals surface area contributed by atoms with Crippen molar-refractivity contribution in [3.05, 3.63) is 35.9 Å². The van der Waals surface area contributed by atoms with Crippen LogP contribution in [0.1, 0.15) is 38.2 Å². The molecule has 96 valence electrons. The molecule has 1 fully saturated rings. The summed E-state index contributed by atoms with van der Waals surface area (Å²) in [6, 6.07) is 9.74. The van der Waals surface area contributed by atoms with E-state index in [1.165, 1.54) is 12.8 Å². The van der Waals surface area contributed by atoms with Gasteiger partial charge in [0, 0.05) is 5.71 Å². The number of benzene rings is 1. The maximum absolute atomic E-state index is 11.7. The van der Waals surface area contributed by atoms with E-state index in [9.17, 15) is 4.79 Å². The van der Waals surface area contributed by atoms with Crippen LogP contribution in [0, 0.1) is 5.92 Å². The Balaban J connectivity index is 1.83. The van der Waals surface area contributed by atoms with Gasteiger partial charge in [0.25, 0.3) is 0 Å². The summed E-state index contributed by atoms with van der Waals surface area (Å²) in [6.07, 6.45) is 4.90. The van der Waals surface area contributed by atoms with Gasteiger partial charge in [-0.2, -0.15) is 5.10 Å². The summed E-state index contributed by atoms with van der Waals surface area (Å²) in [7, 11) is 0. The molecule has 0 radical (unpaired) electrons. The number of amides is 1. The summed E-state index contributed by atoms with van der Waals surface area (Å²) >= 11 is 0. The smallest absolute Gasteiger partial charge is 0.244 e. The van der Waals surface area contributed by atoms with Gasteiger partial charge in [-0.05, 0) is 37.2 Å². The van der Waals surface area contributed by atoms with Crippen LogP contribution >= 0.6 is 0 Å². The first-order valence-corrected chi connectivity index (χ1v) is 6.62. The van der Waals surface area contributed by atoms with E-state index in [1.54, 1.807) is 0 Å². The van der Waals surface area contributed by atoms with Gasteiger partial charge < -0.3 is 0 Å². The van der Waals surface area contributed by atoms with Crippen molar-refractivity contribution in [2.24, 2.45) is 11.0 Å². The first-order valence-electron chi connectivity index (χ1n) is 6.62. The fraction of sp³-hybridized carbons (Fsp3) is 0.467. The van der Waals surface area contributed by atoms with Crippen LogP contribution in [-0.2, 0) is 11.2 Å². The predicted octanol–water partition coefficient (Wildman–Crippen LogP) is 2.91. The predicted molar refractivity (Wildman–Crippen MR) is 73.4 cm³/mol. The van der Waals surface area contributed by atoms with Gasteiger partial charge in [-0.25, -0.2) is 5.43 Å². The van der Waals surface area contributed by atoms with Gasteiger partial charge in [-0.15, -0.1) is 0 Å². The second-order valence-electron chi connectivity index (χ2n) is 5.08. The molecule has 1 N–H and O–H groups in total. The highest BCUT2D eigenvalue weighted by molar-refractivity contribution is 5.87. The molecule has 1 aromatic carbocycles. The standard InChI is InChI=1S/C15H20N2O/c1-12-6-5-9-14(10-12)16-17-15(18)11-13-7-3-2-4-8-13/h2-4,7-8,12H,5-6,9-11H2,1H3,(H,17,18)/b16-14+/t12-/m1/s1. The van der Waals surface area contributed by atoms with Gasteiger partial charge in [0.15, 0.2) is 0 Å². The molecule has 1 amide bonds. The Hall–Kier alpha value is -1.64. The summed E-state index contributed by atoms with van der Waals surface area (Å²) in [5.74, 6) is 0.662. The lowest BCUT2D eigenvalue weighted by Gasteiger charge is -2.18. The molecule has 0 spiro atoms. The number of hydrogen-bond donors (Lipinski definition) is 1. The van der Waals surface area contributed by atoms with Crippen LogP contribution in [0.15, 0.2) is 35.4 Å². The van der Waals surface area contributed by atoms with Crippen molar-refractivity contribution in [2.75, 3.05) is 0 Å². The van der Waals surface area contributed by atoms with E-state index >= 15 is 0 Å². The van der Waals surface area contributed by atoms with Crippen LogP contribution in [0.2, 0.25) is 0 Å². The summed E-state index contributed by atoms with van der Waals surface area (Å²) in [4.78, 5) is 11.7. The third-order valence-corrected chi connectivity index (χ3v) is 3.29. The number of hydrazone groups is 1. The third kappa shape index (κ3) is 3.99. The first-order chi connectivity index (χ1) is 8.74.